The standard InChI is InChI=1S/2C14H22N2O.CH2O3/c2*1-5-16(6-2)10-13(17)15-14-11(3)8-7-9-12(14)4;2-1(3)4/h2*7-9H,5-6,10H2,1-4H3,(H,15,17);(H2,2,3,4)/p-2. The molecule has 0 aliphatic carbocycles. The summed E-state index contributed by atoms with van der Waals surface area (Å²) in [4.78, 5) is 36.3. The van der Waals surface area contributed by atoms with Crippen LogP contribution in [-0.4, -0.2) is 67.0 Å². The van der Waals surface area contributed by atoms with Crippen LogP contribution in [0.15, 0.2) is 36.4 Å². The van der Waals surface area contributed by atoms with E-state index in [0.717, 1.165) is 59.8 Å². The number of amides is 2. The predicted molar refractivity (Wildman–Crippen MR) is 150 cm³/mol. The van der Waals surface area contributed by atoms with E-state index in [-0.39, 0.29) is 11.8 Å². The molecule has 9 heteroatoms. The number of hydrogen-bond acceptors (Lipinski definition) is 7. The number of carboxylic acid groups (broad SMARTS) is 2. The van der Waals surface area contributed by atoms with Crippen molar-refractivity contribution >= 4 is 29.3 Å². The zero-order valence-electron chi connectivity index (χ0n) is 24.1. The van der Waals surface area contributed by atoms with Gasteiger partial charge in [-0.05, 0) is 82.3 Å². The lowest BCUT2D eigenvalue weighted by atomic mass is 10.1. The smallest absolute Gasteiger partial charge is 0.238 e. The first-order valence-electron chi connectivity index (χ1n) is 12.9. The summed E-state index contributed by atoms with van der Waals surface area (Å²) in [6.07, 6.45) is -2.33. The molecule has 0 fully saturated rings. The van der Waals surface area contributed by atoms with E-state index in [4.69, 9.17) is 15.0 Å². The monoisotopic (exact) mass is 528 g/mol. The number of anilines is 2. The van der Waals surface area contributed by atoms with Gasteiger partial charge in [0.05, 0.1) is 13.1 Å². The van der Waals surface area contributed by atoms with E-state index in [9.17, 15) is 9.59 Å². The van der Waals surface area contributed by atoms with Gasteiger partial charge < -0.3 is 25.6 Å². The fourth-order valence-electron chi connectivity index (χ4n) is 3.68. The van der Waals surface area contributed by atoms with Crippen molar-refractivity contribution in [3.63, 3.8) is 0 Å². The van der Waals surface area contributed by atoms with Gasteiger partial charge in [-0.25, -0.2) is 0 Å². The second-order valence-corrected chi connectivity index (χ2v) is 8.80. The van der Waals surface area contributed by atoms with Crippen LogP contribution in [-0.2, 0) is 9.59 Å². The number of likely N-dealkylation sites (N-methyl/N-ethyl adjacent to an activating group) is 2. The van der Waals surface area contributed by atoms with Gasteiger partial charge in [0.15, 0.2) is 0 Å². The van der Waals surface area contributed by atoms with E-state index in [1.807, 2.05) is 64.1 Å². The lowest BCUT2D eigenvalue weighted by Gasteiger charge is -2.18. The summed E-state index contributed by atoms with van der Waals surface area (Å²) >= 11 is 0. The Labute approximate surface area is 227 Å². The van der Waals surface area contributed by atoms with E-state index in [0.29, 0.717) is 13.1 Å². The van der Waals surface area contributed by atoms with E-state index in [1.54, 1.807) is 0 Å². The highest BCUT2D eigenvalue weighted by atomic mass is 16.6. The van der Waals surface area contributed by atoms with Crippen LogP contribution in [0.25, 0.3) is 0 Å². The molecule has 0 radical (unpaired) electrons. The highest BCUT2D eigenvalue weighted by Crippen LogP contribution is 2.20. The Kier molecular flexibility index (Phi) is 17.1. The summed E-state index contributed by atoms with van der Waals surface area (Å²) in [6.45, 7) is 20.8. The van der Waals surface area contributed by atoms with Gasteiger partial charge in [0.25, 0.3) is 0 Å². The van der Waals surface area contributed by atoms with Crippen LogP contribution in [0.4, 0.5) is 16.2 Å². The summed E-state index contributed by atoms with van der Waals surface area (Å²) in [6, 6.07) is 12.1. The largest absolute Gasteiger partial charge is 0.652 e. The number of carbonyl (C=O) groups excluding carboxylic acids is 3. The third kappa shape index (κ3) is 13.8. The van der Waals surface area contributed by atoms with E-state index < -0.39 is 6.16 Å². The fraction of sp³-hybridized carbons (Fsp3) is 0.483. The topological polar surface area (TPSA) is 128 Å². The molecule has 2 aromatic carbocycles. The summed E-state index contributed by atoms with van der Waals surface area (Å²) < 4.78 is 0. The van der Waals surface area contributed by atoms with Crippen LogP contribution in [0.1, 0.15) is 49.9 Å². The van der Waals surface area contributed by atoms with Crippen molar-refractivity contribution in [2.24, 2.45) is 0 Å². The lowest BCUT2D eigenvalue weighted by Crippen LogP contribution is -2.37. The Hall–Kier alpha value is -3.43. The van der Waals surface area contributed by atoms with Crippen LogP contribution < -0.4 is 20.8 Å². The van der Waals surface area contributed by atoms with Gasteiger partial charge >= 0.3 is 0 Å². The molecule has 2 rings (SSSR count). The molecule has 0 atom stereocenters. The maximum atomic E-state index is 11.9. The summed E-state index contributed by atoms with van der Waals surface area (Å²) in [5.41, 5.74) is 6.33. The van der Waals surface area contributed by atoms with Crippen LogP contribution in [0.3, 0.4) is 0 Å². The number of nitrogens with one attached hydrogen (secondary N) is 2. The number of para-hydroxylation sites is 2. The first-order chi connectivity index (χ1) is 17.9. The van der Waals surface area contributed by atoms with Gasteiger partial charge in [-0.2, -0.15) is 0 Å². The molecule has 0 aliphatic rings. The van der Waals surface area contributed by atoms with Crippen molar-refractivity contribution < 1.29 is 24.6 Å². The molecule has 0 saturated heterocycles. The molecule has 0 aromatic heterocycles. The third-order valence-electron chi connectivity index (χ3n) is 6.01. The number of benzene rings is 2. The summed E-state index contributed by atoms with van der Waals surface area (Å²) in [7, 11) is 0. The van der Waals surface area contributed by atoms with Gasteiger partial charge in [-0.1, -0.05) is 64.1 Å². The minimum atomic E-state index is -2.33. The molecule has 0 bridgehead atoms. The van der Waals surface area contributed by atoms with Crippen LogP contribution in [0.2, 0.25) is 0 Å². The van der Waals surface area contributed by atoms with E-state index in [2.05, 4.69) is 48.1 Å². The Morgan fingerprint density at radius 3 is 1.05 bits per heavy atom. The molecule has 0 saturated carbocycles. The molecule has 9 nitrogen and oxygen atoms in total. The minimum Gasteiger partial charge on any atom is -0.652 e. The highest BCUT2D eigenvalue weighted by Gasteiger charge is 2.11. The third-order valence-corrected chi connectivity index (χ3v) is 6.01. The normalized spacial score (nSPS) is 10.2. The molecule has 2 N–H and O–H groups in total. The first-order valence-corrected chi connectivity index (χ1v) is 12.9. The number of aryl methyl sites for hydroxylation is 4. The van der Waals surface area contributed by atoms with Gasteiger partial charge in [0.1, 0.15) is 0 Å². The van der Waals surface area contributed by atoms with Crippen LogP contribution in [0, 0.1) is 27.7 Å². The molecule has 38 heavy (non-hydrogen) atoms. The highest BCUT2D eigenvalue weighted by molar-refractivity contribution is 5.94. The maximum Gasteiger partial charge on any atom is 0.238 e. The molecule has 2 amide bonds. The van der Waals surface area contributed by atoms with Crippen LogP contribution in [0.5, 0.6) is 0 Å². The quantitative estimate of drug-likeness (QED) is 0.485. The minimum absolute atomic E-state index is 0.0612. The zero-order chi connectivity index (χ0) is 29.3. The van der Waals surface area contributed by atoms with Crippen molar-refractivity contribution in [2.75, 3.05) is 49.9 Å². The lowest BCUT2D eigenvalue weighted by molar-refractivity contribution is -0.415. The second-order valence-electron chi connectivity index (χ2n) is 8.80. The van der Waals surface area contributed by atoms with Crippen molar-refractivity contribution in [1.29, 1.82) is 0 Å². The van der Waals surface area contributed by atoms with Gasteiger partial charge in [-0.15, -0.1) is 0 Å². The second kappa shape index (κ2) is 18.8. The molecular weight excluding hydrogens is 484 g/mol. The molecule has 212 valence electrons. The average molecular weight is 529 g/mol. The van der Waals surface area contributed by atoms with Gasteiger partial charge in [0.2, 0.25) is 11.8 Å². The first kappa shape index (κ1) is 34.6. The average Bonchev–Trinajstić information content (AvgIpc) is 2.85. The molecule has 2 aromatic rings. The van der Waals surface area contributed by atoms with Crippen molar-refractivity contribution in [2.45, 2.75) is 55.4 Å². The van der Waals surface area contributed by atoms with E-state index >= 15 is 0 Å². The molecule has 0 aliphatic heterocycles. The molecule has 0 spiro atoms. The zero-order valence-corrected chi connectivity index (χ0v) is 24.1. The number of nitrogens with zero attached hydrogens (tertiary/aromatic N) is 2. The summed E-state index contributed by atoms with van der Waals surface area (Å²) in [5.74, 6) is 0.122. The summed E-state index contributed by atoms with van der Waals surface area (Å²) in [5, 5.41) is 22.7. The Bertz CT molecular complexity index is 898. The van der Waals surface area contributed by atoms with Crippen molar-refractivity contribution in [1.82, 2.24) is 9.80 Å². The molecule has 0 heterocycles. The fourth-order valence-corrected chi connectivity index (χ4v) is 3.68. The van der Waals surface area contributed by atoms with Crippen molar-refractivity contribution in [3.8, 4) is 0 Å². The van der Waals surface area contributed by atoms with Gasteiger partial charge in [0, 0.05) is 11.4 Å². The number of rotatable bonds is 10. The number of hydrogen-bond donors (Lipinski definition) is 2. The van der Waals surface area contributed by atoms with Crippen molar-refractivity contribution in [3.05, 3.63) is 58.7 Å². The van der Waals surface area contributed by atoms with E-state index in [1.165, 1.54) is 0 Å². The number of carbonyl (C=O) groups is 3. The van der Waals surface area contributed by atoms with Crippen LogP contribution >= 0.6 is 0 Å². The molecular formula is C29H44N4O5-2. The molecule has 0 unspecified atom stereocenters. The Morgan fingerprint density at radius 1 is 0.605 bits per heavy atom. The Balaban J connectivity index is 0.000000632. The van der Waals surface area contributed by atoms with Gasteiger partial charge in [-0.3, -0.25) is 19.4 Å². The predicted octanol–water partition coefficient (Wildman–Crippen LogP) is 2.72. The Morgan fingerprint density at radius 2 is 0.842 bits per heavy atom. The SMILES string of the molecule is CCN(CC)CC(=O)Nc1c(C)cccc1C.CCN(CC)CC(=O)Nc1c(C)cccc1C.O=C([O-])[O-]. The maximum absolute atomic E-state index is 11.9.